The molecule has 1 saturated heterocycles. The molecule has 1 unspecified atom stereocenters. The smallest absolute Gasteiger partial charge is 0.303 e. The van der Waals surface area contributed by atoms with E-state index in [-0.39, 0.29) is 12.3 Å². The lowest BCUT2D eigenvalue weighted by atomic mass is 10.0. The molecule has 1 heterocycles. The Kier molecular flexibility index (Phi) is 6.62. The number of hydrogen-bond donors (Lipinski definition) is 3. The van der Waals surface area contributed by atoms with Gasteiger partial charge >= 0.3 is 5.97 Å². The Hall–Kier alpha value is -1.10. The first-order valence-corrected chi connectivity index (χ1v) is 6.40. The van der Waals surface area contributed by atoms with Gasteiger partial charge in [-0.2, -0.15) is 0 Å². The summed E-state index contributed by atoms with van der Waals surface area (Å²) in [4.78, 5) is 21.6. The number of amides is 1. The highest BCUT2D eigenvalue weighted by atomic mass is 16.4. The molecule has 1 amide bonds. The maximum Gasteiger partial charge on any atom is 0.303 e. The number of carboxylic acids is 1. The average molecular weight is 242 g/mol. The molecule has 0 spiro atoms. The minimum absolute atomic E-state index is 0.0398. The van der Waals surface area contributed by atoms with Crippen molar-refractivity contribution in [2.24, 2.45) is 0 Å². The Labute approximate surface area is 102 Å². The Morgan fingerprint density at radius 2 is 2.12 bits per heavy atom. The highest BCUT2D eigenvalue weighted by molar-refractivity contribution is 5.76. The van der Waals surface area contributed by atoms with Crippen molar-refractivity contribution in [2.45, 2.75) is 51.0 Å². The number of piperidine rings is 1. The number of aliphatic carboxylic acids is 1. The number of carbonyl (C=O) groups is 2. The summed E-state index contributed by atoms with van der Waals surface area (Å²) in [7, 11) is 0. The van der Waals surface area contributed by atoms with Gasteiger partial charge in [0.15, 0.2) is 0 Å². The van der Waals surface area contributed by atoms with Crippen molar-refractivity contribution < 1.29 is 14.7 Å². The van der Waals surface area contributed by atoms with Gasteiger partial charge in [0, 0.05) is 25.4 Å². The molecule has 17 heavy (non-hydrogen) atoms. The predicted molar refractivity (Wildman–Crippen MR) is 64.8 cm³/mol. The van der Waals surface area contributed by atoms with Gasteiger partial charge in [0.25, 0.3) is 0 Å². The van der Waals surface area contributed by atoms with E-state index in [1.165, 1.54) is 19.3 Å². The molecule has 1 aliphatic rings. The van der Waals surface area contributed by atoms with E-state index in [9.17, 15) is 9.59 Å². The lowest BCUT2D eigenvalue weighted by Crippen LogP contribution is -2.37. The van der Waals surface area contributed by atoms with Gasteiger partial charge in [-0.15, -0.1) is 0 Å². The van der Waals surface area contributed by atoms with E-state index in [4.69, 9.17) is 5.11 Å². The summed E-state index contributed by atoms with van der Waals surface area (Å²) in [5.41, 5.74) is 0. The number of nitrogens with one attached hydrogen (secondary N) is 2. The summed E-state index contributed by atoms with van der Waals surface area (Å²) >= 11 is 0. The van der Waals surface area contributed by atoms with Gasteiger partial charge in [0.05, 0.1) is 0 Å². The predicted octanol–water partition coefficient (Wildman–Crippen LogP) is 0.890. The van der Waals surface area contributed by atoms with Crippen LogP contribution in [0.3, 0.4) is 0 Å². The molecular weight excluding hydrogens is 220 g/mol. The lowest BCUT2D eigenvalue weighted by molar-refractivity contribution is -0.137. The SMILES string of the molecule is O=C(O)CCCC(=O)NCCC1CCCCN1. The number of carboxylic acid groups (broad SMARTS) is 1. The van der Waals surface area contributed by atoms with Crippen LogP contribution in [0, 0.1) is 0 Å². The summed E-state index contributed by atoms with van der Waals surface area (Å²) in [6.45, 7) is 1.76. The second-order valence-corrected chi connectivity index (χ2v) is 4.53. The molecule has 0 saturated carbocycles. The molecule has 1 atom stereocenters. The minimum atomic E-state index is -0.843. The van der Waals surface area contributed by atoms with Crippen LogP contribution in [-0.2, 0) is 9.59 Å². The molecule has 0 aromatic rings. The van der Waals surface area contributed by atoms with Gasteiger partial charge in [0.2, 0.25) is 5.91 Å². The average Bonchev–Trinajstić information content (AvgIpc) is 2.30. The Bertz CT molecular complexity index is 250. The molecule has 0 bridgehead atoms. The third kappa shape index (κ3) is 6.94. The van der Waals surface area contributed by atoms with Crippen LogP contribution in [0.25, 0.3) is 0 Å². The summed E-state index contributed by atoms with van der Waals surface area (Å²) < 4.78 is 0. The van der Waals surface area contributed by atoms with E-state index in [1.54, 1.807) is 0 Å². The third-order valence-corrected chi connectivity index (χ3v) is 3.02. The molecular formula is C12H22N2O3. The van der Waals surface area contributed by atoms with Crippen LogP contribution in [0.1, 0.15) is 44.9 Å². The fourth-order valence-electron chi connectivity index (χ4n) is 2.04. The summed E-state index contributed by atoms with van der Waals surface area (Å²) in [5.74, 6) is -0.883. The first-order chi connectivity index (χ1) is 8.18. The van der Waals surface area contributed by atoms with E-state index in [0.29, 0.717) is 25.4 Å². The first kappa shape index (κ1) is 14.0. The monoisotopic (exact) mass is 242 g/mol. The molecule has 1 rings (SSSR count). The quantitative estimate of drug-likeness (QED) is 0.619. The number of carbonyl (C=O) groups excluding carboxylic acids is 1. The van der Waals surface area contributed by atoms with Crippen molar-refractivity contribution in [1.82, 2.24) is 10.6 Å². The minimum Gasteiger partial charge on any atom is -0.481 e. The highest BCUT2D eigenvalue weighted by Crippen LogP contribution is 2.09. The Morgan fingerprint density at radius 3 is 2.76 bits per heavy atom. The number of rotatable bonds is 7. The second kappa shape index (κ2) is 8.06. The fourth-order valence-corrected chi connectivity index (χ4v) is 2.04. The van der Waals surface area contributed by atoms with Crippen molar-refractivity contribution in [2.75, 3.05) is 13.1 Å². The summed E-state index contributed by atoms with van der Waals surface area (Å²) in [6.07, 6.45) is 5.46. The molecule has 1 fully saturated rings. The molecule has 5 heteroatoms. The lowest BCUT2D eigenvalue weighted by Gasteiger charge is -2.23. The van der Waals surface area contributed by atoms with Crippen LogP contribution >= 0.6 is 0 Å². The molecule has 0 radical (unpaired) electrons. The van der Waals surface area contributed by atoms with Crippen molar-refractivity contribution in [3.8, 4) is 0 Å². The molecule has 3 N–H and O–H groups in total. The van der Waals surface area contributed by atoms with Crippen molar-refractivity contribution in [3.05, 3.63) is 0 Å². The van der Waals surface area contributed by atoms with Crippen LogP contribution in [0.2, 0.25) is 0 Å². The largest absolute Gasteiger partial charge is 0.481 e. The van der Waals surface area contributed by atoms with E-state index < -0.39 is 5.97 Å². The van der Waals surface area contributed by atoms with Gasteiger partial charge in [-0.1, -0.05) is 6.42 Å². The summed E-state index contributed by atoms with van der Waals surface area (Å²) in [5, 5.41) is 14.7. The zero-order valence-corrected chi connectivity index (χ0v) is 10.2. The standard InChI is InChI=1S/C12H22N2O3/c15-11(5-3-6-12(16)17)14-9-7-10-4-1-2-8-13-10/h10,13H,1-9H2,(H,14,15)(H,16,17). The Balaban J connectivity index is 1.97. The van der Waals surface area contributed by atoms with Crippen LogP contribution in [0.5, 0.6) is 0 Å². The van der Waals surface area contributed by atoms with Gasteiger partial charge in [-0.05, 0) is 32.2 Å². The van der Waals surface area contributed by atoms with Crippen molar-refractivity contribution in [3.63, 3.8) is 0 Å². The first-order valence-electron chi connectivity index (χ1n) is 6.40. The number of hydrogen-bond acceptors (Lipinski definition) is 3. The fraction of sp³-hybridized carbons (Fsp3) is 0.833. The van der Waals surface area contributed by atoms with E-state index in [2.05, 4.69) is 10.6 Å². The zero-order valence-electron chi connectivity index (χ0n) is 10.2. The third-order valence-electron chi connectivity index (χ3n) is 3.02. The maximum absolute atomic E-state index is 11.3. The maximum atomic E-state index is 11.3. The highest BCUT2D eigenvalue weighted by Gasteiger charge is 2.12. The molecule has 98 valence electrons. The van der Waals surface area contributed by atoms with Gasteiger partial charge < -0.3 is 15.7 Å². The van der Waals surface area contributed by atoms with Gasteiger partial charge in [0.1, 0.15) is 0 Å². The second-order valence-electron chi connectivity index (χ2n) is 4.53. The molecule has 0 aliphatic carbocycles. The molecule has 1 aliphatic heterocycles. The Morgan fingerprint density at radius 1 is 1.29 bits per heavy atom. The van der Waals surface area contributed by atoms with E-state index >= 15 is 0 Å². The van der Waals surface area contributed by atoms with E-state index in [1.807, 2.05) is 0 Å². The van der Waals surface area contributed by atoms with Crippen molar-refractivity contribution >= 4 is 11.9 Å². The van der Waals surface area contributed by atoms with Crippen LogP contribution in [0.15, 0.2) is 0 Å². The molecule has 0 aromatic heterocycles. The van der Waals surface area contributed by atoms with Crippen LogP contribution in [-0.4, -0.2) is 36.1 Å². The van der Waals surface area contributed by atoms with Gasteiger partial charge in [-0.3, -0.25) is 9.59 Å². The van der Waals surface area contributed by atoms with Crippen molar-refractivity contribution in [1.29, 1.82) is 0 Å². The normalized spacial score (nSPS) is 19.9. The van der Waals surface area contributed by atoms with E-state index in [0.717, 1.165) is 13.0 Å². The molecule has 0 aromatic carbocycles. The molecule has 5 nitrogen and oxygen atoms in total. The zero-order chi connectivity index (χ0) is 12.5. The summed E-state index contributed by atoms with van der Waals surface area (Å²) in [6, 6.07) is 0.531. The van der Waals surface area contributed by atoms with Crippen LogP contribution < -0.4 is 10.6 Å². The topological polar surface area (TPSA) is 78.4 Å². The van der Waals surface area contributed by atoms with Gasteiger partial charge in [-0.25, -0.2) is 0 Å². The van der Waals surface area contributed by atoms with Crippen LogP contribution in [0.4, 0.5) is 0 Å².